The molecule has 0 spiro atoms. The molecule has 3 aliphatic heterocycles. The molecule has 0 atom stereocenters. The summed E-state index contributed by atoms with van der Waals surface area (Å²) in [5.74, 6) is 0.989. The largest absolute Gasteiger partial charge is 1.00 e. The third-order valence-electron chi connectivity index (χ3n) is 7.25. The third kappa shape index (κ3) is 15.2. The standard InChI is InChI=1S/C14H19NO.C13H18F2N2.C4H10O.CH3O.K/c1-2-8-15(7-1)10-12-4-3-5-13-11-16-9-6-14(12)13;14-12(15)6-2-1-5-11-8-7-10-4-3-9-16-13(10)17-11;1-4(2)5-3;1-2;/h3-5H,1-2,6-11H2;7-8,12H,1-6,9H2,(H,16,17);4H,1-3H3;1H3;/q;;;-1;+1. The Balaban J connectivity index is 0.000000329. The summed E-state index contributed by atoms with van der Waals surface area (Å²) >= 11 is 0. The van der Waals surface area contributed by atoms with Crippen LogP contribution in [-0.2, 0) is 41.9 Å². The van der Waals surface area contributed by atoms with E-state index in [9.17, 15) is 8.78 Å². The van der Waals surface area contributed by atoms with Crippen LogP contribution < -0.4 is 61.8 Å². The Labute approximate surface area is 289 Å². The van der Waals surface area contributed by atoms with Gasteiger partial charge in [0.2, 0.25) is 6.43 Å². The average Bonchev–Trinajstić information content (AvgIpc) is 3.50. The number of likely N-dealkylation sites (tertiary alicyclic amines) is 1. The van der Waals surface area contributed by atoms with E-state index in [4.69, 9.17) is 14.6 Å². The molecule has 1 saturated heterocycles. The molecule has 3 aliphatic rings. The summed E-state index contributed by atoms with van der Waals surface area (Å²) < 4.78 is 34.2. The van der Waals surface area contributed by atoms with Gasteiger partial charge in [-0.05, 0) is 107 Å². The summed E-state index contributed by atoms with van der Waals surface area (Å²) in [5, 5.41) is 11.5. The average molecular weight is 602 g/mol. The number of rotatable bonds is 8. The number of aryl methyl sites for hydroxylation is 2. The topological polar surface area (TPSA) is 69.7 Å². The van der Waals surface area contributed by atoms with Crippen molar-refractivity contribution in [2.75, 3.05) is 45.8 Å². The Hall–Kier alpha value is -0.494. The molecule has 4 heterocycles. The molecule has 6 nitrogen and oxygen atoms in total. The number of aromatic nitrogens is 1. The minimum Gasteiger partial charge on any atom is -0.857 e. The molecule has 0 saturated carbocycles. The van der Waals surface area contributed by atoms with Crippen LogP contribution in [0, 0.1) is 0 Å². The summed E-state index contributed by atoms with van der Waals surface area (Å²) in [6.45, 7) is 10.4. The SMILES string of the molecule is COC(C)C.C[O-].FC(F)CCCCc1ccc2c(n1)NCCC2.[K+].c1cc2c(c(CN3CCCC3)c1)CCOC2. The van der Waals surface area contributed by atoms with Crippen LogP contribution in [0.15, 0.2) is 30.3 Å². The van der Waals surface area contributed by atoms with Gasteiger partial charge < -0.3 is 19.9 Å². The third-order valence-corrected chi connectivity index (χ3v) is 7.25. The van der Waals surface area contributed by atoms with E-state index in [1.165, 1.54) is 42.6 Å². The van der Waals surface area contributed by atoms with E-state index in [1.54, 1.807) is 12.7 Å². The van der Waals surface area contributed by atoms with Gasteiger partial charge in [0, 0.05) is 32.3 Å². The van der Waals surface area contributed by atoms with Crippen molar-refractivity contribution < 1.29 is 74.7 Å². The van der Waals surface area contributed by atoms with Gasteiger partial charge in [0.15, 0.2) is 0 Å². The van der Waals surface area contributed by atoms with Gasteiger partial charge in [0.1, 0.15) is 5.82 Å². The summed E-state index contributed by atoms with van der Waals surface area (Å²) in [4.78, 5) is 7.11. The normalized spacial score (nSPS) is 15.5. The van der Waals surface area contributed by atoms with E-state index in [2.05, 4.69) is 39.5 Å². The van der Waals surface area contributed by atoms with Gasteiger partial charge in [0.05, 0.1) is 19.3 Å². The molecule has 0 aliphatic carbocycles. The first-order valence-electron chi connectivity index (χ1n) is 14.8. The molecular weight excluding hydrogens is 551 g/mol. The predicted octanol–water partition coefficient (Wildman–Crippen LogP) is 2.79. The van der Waals surface area contributed by atoms with E-state index in [1.807, 2.05) is 19.9 Å². The predicted molar refractivity (Wildman–Crippen MR) is 157 cm³/mol. The van der Waals surface area contributed by atoms with Crippen molar-refractivity contribution in [1.29, 1.82) is 0 Å². The zero-order chi connectivity index (χ0) is 29.2. The molecule has 0 amide bonds. The summed E-state index contributed by atoms with van der Waals surface area (Å²) in [7, 11) is 2.45. The number of hydrogen-bond donors (Lipinski definition) is 1. The van der Waals surface area contributed by atoms with Crippen LogP contribution in [0.3, 0.4) is 0 Å². The van der Waals surface area contributed by atoms with Crippen molar-refractivity contribution in [2.24, 2.45) is 0 Å². The minimum atomic E-state index is -2.17. The fraction of sp³-hybridized carbons (Fsp3) is 0.656. The van der Waals surface area contributed by atoms with Crippen molar-refractivity contribution in [3.05, 3.63) is 58.3 Å². The Morgan fingerprint density at radius 2 is 1.76 bits per heavy atom. The van der Waals surface area contributed by atoms with Gasteiger partial charge in [0.25, 0.3) is 0 Å². The Morgan fingerprint density at radius 3 is 2.44 bits per heavy atom. The van der Waals surface area contributed by atoms with Crippen molar-refractivity contribution in [3.63, 3.8) is 0 Å². The summed E-state index contributed by atoms with van der Waals surface area (Å²) in [6, 6.07) is 10.8. The van der Waals surface area contributed by atoms with Crippen LogP contribution in [-0.4, -0.2) is 62.9 Å². The molecule has 1 aromatic carbocycles. The van der Waals surface area contributed by atoms with Crippen LogP contribution >= 0.6 is 0 Å². The van der Waals surface area contributed by atoms with Gasteiger partial charge in [-0.25, -0.2) is 13.8 Å². The number of nitrogens with zero attached hydrogens (tertiary/aromatic N) is 2. The maximum Gasteiger partial charge on any atom is 1.00 e. The number of pyridine rings is 1. The second kappa shape index (κ2) is 23.0. The molecule has 5 rings (SSSR count). The van der Waals surface area contributed by atoms with E-state index >= 15 is 0 Å². The van der Waals surface area contributed by atoms with Crippen LogP contribution in [0.25, 0.3) is 0 Å². The molecular formula is C32H50F2KN3O3. The maximum atomic E-state index is 12.0. The first kappa shape index (κ1) is 38.5. The zero-order valence-electron chi connectivity index (χ0n) is 26.0. The quantitative estimate of drug-likeness (QED) is 0.371. The minimum absolute atomic E-state index is 0. The van der Waals surface area contributed by atoms with Crippen LogP contribution in [0.1, 0.15) is 80.3 Å². The summed E-state index contributed by atoms with van der Waals surface area (Å²) in [6.07, 6.45) is 6.45. The fourth-order valence-electron chi connectivity index (χ4n) is 4.94. The smallest absolute Gasteiger partial charge is 0.857 e. The number of ether oxygens (including phenoxy) is 2. The van der Waals surface area contributed by atoms with Crippen molar-refractivity contribution in [2.45, 2.75) is 97.3 Å². The Morgan fingerprint density at radius 1 is 1.02 bits per heavy atom. The summed E-state index contributed by atoms with van der Waals surface area (Å²) in [5.41, 5.74) is 6.77. The molecule has 226 valence electrons. The molecule has 0 bridgehead atoms. The number of alkyl halides is 2. The number of methoxy groups -OCH3 is 1. The zero-order valence-corrected chi connectivity index (χ0v) is 29.1. The van der Waals surface area contributed by atoms with Crippen LogP contribution in [0.5, 0.6) is 0 Å². The van der Waals surface area contributed by atoms with E-state index in [-0.39, 0.29) is 57.8 Å². The maximum absolute atomic E-state index is 12.0. The Kier molecular flexibility index (Phi) is 21.6. The van der Waals surface area contributed by atoms with Gasteiger partial charge in [-0.2, -0.15) is 7.11 Å². The fourth-order valence-corrected chi connectivity index (χ4v) is 4.94. The first-order chi connectivity index (χ1) is 19.5. The number of benzene rings is 1. The second-order valence-electron chi connectivity index (χ2n) is 10.6. The van der Waals surface area contributed by atoms with Crippen molar-refractivity contribution in [1.82, 2.24) is 9.88 Å². The molecule has 1 fully saturated rings. The van der Waals surface area contributed by atoms with Gasteiger partial charge in [-0.1, -0.05) is 24.3 Å². The second-order valence-corrected chi connectivity index (χ2v) is 10.6. The number of hydrogen-bond acceptors (Lipinski definition) is 6. The number of anilines is 1. The van der Waals surface area contributed by atoms with Crippen LogP contribution in [0.4, 0.5) is 14.6 Å². The van der Waals surface area contributed by atoms with E-state index in [0.717, 1.165) is 77.0 Å². The van der Waals surface area contributed by atoms with Gasteiger partial charge >= 0.3 is 51.4 Å². The van der Waals surface area contributed by atoms with Crippen LogP contribution in [0.2, 0.25) is 0 Å². The number of fused-ring (bicyclic) bond motifs is 2. The number of unbranched alkanes of at least 4 members (excludes halogenated alkanes) is 1. The molecule has 41 heavy (non-hydrogen) atoms. The van der Waals surface area contributed by atoms with Crippen molar-refractivity contribution >= 4 is 5.82 Å². The molecule has 1 aromatic heterocycles. The van der Waals surface area contributed by atoms with Gasteiger partial charge in [-0.15, -0.1) is 0 Å². The van der Waals surface area contributed by atoms with E-state index < -0.39 is 6.43 Å². The van der Waals surface area contributed by atoms with Gasteiger partial charge in [-0.3, -0.25) is 4.90 Å². The number of nitrogens with one attached hydrogen (secondary N) is 1. The Bertz CT molecular complexity index is 960. The van der Waals surface area contributed by atoms with E-state index in [0.29, 0.717) is 12.5 Å². The van der Waals surface area contributed by atoms with Crippen molar-refractivity contribution in [3.8, 4) is 0 Å². The number of halogens is 2. The molecule has 9 heteroatoms. The molecule has 0 unspecified atom stereocenters. The first-order valence-corrected chi connectivity index (χ1v) is 14.8. The molecule has 0 radical (unpaired) electrons. The molecule has 2 aromatic rings. The molecule has 1 N–H and O–H groups in total. The monoisotopic (exact) mass is 601 g/mol.